The lowest BCUT2D eigenvalue weighted by molar-refractivity contribution is -0.142. The van der Waals surface area contributed by atoms with Gasteiger partial charge in [-0.3, -0.25) is 48.1 Å². The predicted octanol–water partition coefficient (Wildman–Crippen LogP) is -4.13. The molecule has 21 N–H and O–H groups in total. The average Bonchev–Trinajstić information content (AvgIpc) is 3.97. The monoisotopic (exact) mass is 1190 g/mol. The van der Waals surface area contributed by atoms with E-state index in [0.717, 1.165) is 0 Å². The number of phenolic OH excluding ortho intramolecular Hbond substituents is 1. The zero-order valence-electron chi connectivity index (χ0n) is 46.9. The fourth-order valence-corrected chi connectivity index (χ4v) is 8.58. The molecular weight excluding hydrogens is 1110 g/mol. The van der Waals surface area contributed by atoms with Crippen molar-refractivity contribution in [2.75, 3.05) is 44.0 Å². The predicted molar refractivity (Wildman–Crippen MR) is 309 cm³/mol. The molecule has 0 saturated heterocycles. The number of aromatic amines is 1. The molecule has 1 aromatic heterocycles. The SMILES string of the molecule is CSCC[C@H](NC(=O)[C@H](Cc1ccc(O)cc1)NC(=O)CNC(=O)[C@@H](NC(=O)[C@H](CCCN=C(N)N)NC(=O)[C@H](CC(C)C)NC(=O)[C@H](CO)NC(=O)[C@H](CS)NC(=O)[C@@H](N)CCCCN)C(C)C)C(=O)N[C@@H](Cc1cnc[nH]1)C(=O)O. The van der Waals surface area contributed by atoms with Crippen LogP contribution < -0.4 is 70.8 Å². The quantitative estimate of drug-likeness (QED) is 0.0131. The van der Waals surface area contributed by atoms with Gasteiger partial charge in [-0.05, 0) is 86.6 Å². The van der Waals surface area contributed by atoms with Crippen LogP contribution in [0.1, 0.15) is 83.9 Å². The van der Waals surface area contributed by atoms with Crippen molar-refractivity contribution in [3.05, 3.63) is 48.0 Å². The lowest BCUT2D eigenvalue weighted by Crippen LogP contribution is -2.61. The van der Waals surface area contributed by atoms with Crippen LogP contribution >= 0.6 is 24.4 Å². The van der Waals surface area contributed by atoms with Crippen molar-refractivity contribution in [1.29, 1.82) is 0 Å². The Morgan fingerprint density at radius 1 is 0.683 bits per heavy atom. The van der Waals surface area contributed by atoms with Crippen LogP contribution in [-0.4, -0.2) is 189 Å². The van der Waals surface area contributed by atoms with Crippen molar-refractivity contribution in [1.82, 2.24) is 57.8 Å². The van der Waals surface area contributed by atoms with Crippen molar-refractivity contribution in [3.63, 3.8) is 0 Å². The number of nitrogens with two attached hydrogens (primary N) is 4. The van der Waals surface area contributed by atoms with Gasteiger partial charge >= 0.3 is 5.97 Å². The van der Waals surface area contributed by atoms with Gasteiger partial charge in [-0.25, -0.2) is 9.78 Å². The number of aliphatic carboxylic acids is 1. The maximum atomic E-state index is 14.2. The second kappa shape index (κ2) is 37.7. The van der Waals surface area contributed by atoms with E-state index in [9.17, 15) is 63.3 Å². The van der Waals surface area contributed by atoms with E-state index in [4.69, 9.17) is 22.9 Å². The van der Waals surface area contributed by atoms with Crippen molar-refractivity contribution in [3.8, 4) is 5.75 Å². The summed E-state index contributed by atoms with van der Waals surface area (Å²) in [5.41, 5.74) is 23.4. The normalized spacial score (nSPS) is 14.4. The number of amides is 9. The number of benzene rings is 1. The van der Waals surface area contributed by atoms with Gasteiger partial charge < -0.3 is 91.1 Å². The van der Waals surface area contributed by atoms with Gasteiger partial charge in [0.2, 0.25) is 53.2 Å². The van der Waals surface area contributed by atoms with Crippen LogP contribution in [0.4, 0.5) is 0 Å². The highest BCUT2D eigenvalue weighted by molar-refractivity contribution is 7.98. The van der Waals surface area contributed by atoms with Crippen molar-refractivity contribution < 1.29 is 63.3 Å². The first-order chi connectivity index (χ1) is 38.8. The number of phenols is 1. The van der Waals surface area contributed by atoms with Gasteiger partial charge in [-0.2, -0.15) is 24.4 Å². The van der Waals surface area contributed by atoms with Gasteiger partial charge in [-0.1, -0.05) is 46.2 Å². The van der Waals surface area contributed by atoms with Crippen LogP contribution in [0.15, 0.2) is 41.8 Å². The molecule has 0 radical (unpaired) electrons. The number of aliphatic imine (C=N–C) groups is 1. The lowest BCUT2D eigenvalue weighted by atomic mass is 10.0. The van der Waals surface area contributed by atoms with Crippen LogP contribution in [0.2, 0.25) is 0 Å². The van der Waals surface area contributed by atoms with Crippen LogP contribution in [0.25, 0.3) is 0 Å². The number of H-pyrrole nitrogens is 1. The number of carboxylic acids is 1. The second-order valence-corrected chi connectivity index (χ2v) is 21.4. The smallest absolute Gasteiger partial charge is 0.326 e. The summed E-state index contributed by atoms with van der Waals surface area (Å²) < 4.78 is 0. The number of imidazole rings is 1. The largest absolute Gasteiger partial charge is 0.508 e. The number of thiol groups is 1. The van der Waals surface area contributed by atoms with E-state index < -0.39 is 133 Å². The van der Waals surface area contributed by atoms with E-state index in [1.165, 1.54) is 48.6 Å². The molecule has 9 amide bonds. The summed E-state index contributed by atoms with van der Waals surface area (Å²) in [6.07, 6.45) is 5.87. The van der Waals surface area contributed by atoms with Gasteiger partial charge in [0.15, 0.2) is 5.96 Å². The maximum Gasteiger partial charge on any atom is 0.326 e. The molecule has 31 heteroatoms. The Hall–Kier alpha value is -7.22. The molecule has 1 aromatic carbocycles. The number of carbonyl (C=O) groups excluding carboxylic acids is 9. The summed E-state index contributed by atoms with van der Waals surface area (Å²) in [6, 6.07) is -6.16. The summed E-state index contributed by atoms with van der Waals surface area (Å²) in [7, 11) is 0. The van der Waals surface area contributed by atoms with E-state index in [0.29, 0.717) is 42.8 Å². The van der Waals surface area contributed by atoms with E-state index in [-0.39, 0.29) is 68.4 Å². The summed E-state index contributed by atoms with van der Waals surface area (Å²) in [4.78, 5) is 146. The third kappa shape index (κ3) is 26.6. The number of nitrogens with zero attached hydrogens (tertiary/aromatic N) is 2. The topological polar surface area (TPSA) is 485 Å². The molecule has 9 atom stereocenters. The number of nitrogens with one attached hydrogen (secondary N) is 10. The molecule has 0 aliphatic carbocycles. The van der Waals surface area contributed by atoms with Gasteiger partial charge in [0.05, 0.1) is 25.5 Å². The molecule has 0 bridgehead atoms. The van der Waals surface area contributed by atoms with E-state index in [1.54, 1.807) is 34.0 Å². The van der Waals surface area contributed by atoms with Crippen molar-refractivity contribution in [2.45, 2.75) is 140 Å². The number of aliphatic hydroxyl groups is 1. The molecule has 2 aromatic rings. The minimum Gasteiger partial charge on any atom is -0.508 e. The molecule has 458 valence electrons. The number of guanidine groups is 1. The van der Waals surface area contributed by atoms with Crippen molar-refractivity contribution in [2.24, 2.45) is 39.8 Å². The van der Waals surface area contributed by atoms with Crippen LogP contribution in [0, 0.1) is 11.8 Å². The Morgan fingerprint density at radius 3 is 1.80 bits per heavy atom. The molecule has 82 heavy (non-hydrogen) atoms. The first-order valence-electron chi connectivity index (χ1n) is 26.7. The highest BCUT2D eigenvalue weighted by atomic mass is 32.2. The minimum atomic E-state index is -1.61. The number of aromatic hydroxyl groups is 1. The Bertz CT molecular complexity index is 2420. The summed E-state index contributed by atoms with van der Waals surface area (Å²) in [6.45, 7) is 5.51. The van der Waals surface area contributed by atoms with Crippen LogP contribution in [-0.2, 0) is 60.8 Å². The number of aromatic nitrogens is 2. The molecule has 1 heterocycles. The molecule has 0 spiro atoms. The fourth-order valence-electron chi connectivity index (χ4n) is 7.85. The molecule has 2 rings (SSSR count). The van der Waals surface area contributed by atoms with Gasteiger partial charge in [0, 0.05) is 37.0 Å². The number of carboxylic acid groups (broad SMARTS) is 1. The lowest BCUT2D eigenvalue weighted by Gasteiger charge is -2.28. The molecule has 0 fully saturated rings. The van der Waals surface area contributed by atoms with Gasteiger partial charge in [-0.15, -0.1) is 0 Å². The zero-order chi connectivity index (χ0) is 61.5. The molecule has 0 aliphatic heterocycles. The summed E-state index contributed by atoms with van der Waals surface area (Å²) in [5, 5.41) is 52.7. The molecule has 0 saturated carbocycles. The average molecular weight is 1190 g/mol. The highest BCUT2D eigenvalue weighted by Crippen LogP contribution is 2.14. The van der Waals surface area contributed by atoms with Crippen LogP contribution in [0.5, 0.6) is 5.75 Å². The maximum absolute atomic E-state index is 14.2. The molecule has 29 nitrogen and oxygen atoms in total. The molecule has 0 unspecified atom stereocenters. The van der Waals surface area contributed by atoms with E-state index in [1.807, 2.05) is 0 Å². The number of unbranched alkanes of at least 4 members (excludes halogenated alkanes) is 1. The highest BCUT2D eigenvalue weighted by Gasteiger charge is 2.35. The molecule has 0 aliphatic rings. The Labute approximate surface area is 486 Å². The number of hydrogen-bond donors (Lipinski definition) is 18. The summed E-state index contributed by atoms with van der Waals surface area (Å²) >= 11 is 5.51. The fraction of sp³-hybridized carbons (Fsp3) is 0.608. The second-order valence-electron chi connectivity index (χ2n) is 20.0. The number of thioether (sulfide) groups is 1. The number of carbonyl (C=O) groups is 10. The number of hydrogen-bond acceptors (Lipinski definition) is 18. The van der Waals surface area contributed by atoms with Crippen molar-refractivity contribution >= 4 is 89.5 Å². The Balaban J connectivity index is 2.30. The first-order valence-corrected chi connectivity index (χ1v) is 28.8. The summed E-state index contributed by atoms with van der Waals surface area (Å²) in [5.74, 6) is -9.88. The van der Waals surface area contributed by atoms with Gasteiger partial charge in [0.25, 0.3) is 0 Å². The molecular formula is C51H84N16O13S2. The Morgan fingerprint density at radius 2 is 1.24 bits per heavy atom. The van der Waals surface area contributed by atoms with E-state index in [2.05, 4.69) is 75.4 Å². The third-order valence-corrected chi connectivity index (χ3v) is 13.4. The third-order valence-electron chi connectivity index (χ3n) is 12.4. The minimum absolute atomic E-state index is 0.00829. The standard InChI is InChI=1S/C51H84N16O13S2/c1-27(2)19-35(63-47(76)38(24-68)65-48(77)39(25-81)66-42(71)32(53)9-6-7-16-52)45(74)61-33(10-8-17-57-51(54)55)44(73)67-41(28(3)4)49(78)58-23-40(70)60-36(20-29-11-13-31(69)14-12-29)46(75)62-34(15-18-82-5)43(72)64-37(50(79)80)21-30-22-56-26-59-30/h11-14,22,26-28,32-39,41,68-69,81H,6-10,15-21,23-25,52-53H2,1-5H3,(H,56,59)(H,58,78)(H,60,70)(H,61,74)(H,62,75)(H,63,76)(H,64,72)(H,65,77)(H,66,71)(H,67,73)(H,79,80)(H4,54,55,57)/t32-,33-,34-,35-,36-,37-,38-,39-,41-/m0/s1. The Kier molecular flexibility index (Phi) is 32.6. The van der Waals surface area contributed by atoms with Crippen LogP contribution in [0.3, 0.4) is 0 Å². The zero-order valence-corrected chi connectivity index (χ0v) is 48.6. The number of rotatable bonds is 39. The van der Waals surface area contributed by atoms with E-state index >= 15 is 0 Å². The van der Waals surface area contributed by atoms with Gasteiger partial charge in [0.1, 0.15) is 54.1 Å². The number of aliphatic hydroxyl groups excluding tert-OH is 1. The first kappa shape index (κ1) is 70.9.